The number of aromatic nitrogens is 1. The summed E-state index contributed by atoms with van der Waals surface area (Å²) in [5.41, 5.74) is 2.35. The Morgan fingerprint density at radius 2 is 2.25 bits per heavy atom. The van der Waals surface area contributed by atoms with E-state index in [9.17, 15) is 0 Å². The molecule has 1 aromatic heterocycles. The number of nitrogens with zero attached hydrogens (tertiary/aromatic N) is 2. The standard InChI is InChI=1S/C13H21N3/c1-11-4-5-13(10-15-11)16-8-3-7-14-12(2)6-9-16/h4-5,10,12,14H,3,6-9H2,1-2H3. The number of hydrogen-bond donors (Lipinski definition) is 1. The molecule has 1 fully saturated rings. The number of hydrogen-bond acceptors (Lipinski definition) is 3. The molecule has 2 heterocycles. The fourth-order valence-electron chi connectivity index (χ4n) is 2.09. The minimum Gasteiger partial charge on any atom is -0.370 e. The van der Waals surface area contributed by atoms with E-state index in [0.717, 1.165) is 25.3 Å². The van der Waals surface area contributed by atoms with Crippen molar-refractivity contribution < 1.29 is 0 Å². The molecule has 0 spiro atoms. The van der Waals surface area contributed by atoms with Crippen molar-refractivity contribution in [2.24, 2.45) is 0 Å². The van der Waals surface area contributed by atoms with E-state index in [2.05, 4.69) is 34.3 Å². The lowest BCUT2D eigenvalue weighted by Crippen LogP contribution is -2.38. The molecule has 1 saturated heterocycles. The molecule has 0 aliphatic carbocycles. The Bertz CT molecular complexity index is 320. The van der Waals surface area contributed by atoms with Crippen molar-refractivity contribution in [2.45, 2.75) is 32.7 Å². The normalized spacial score (nSPS) is 22.6. The zero-order valence-corrected chi connectivity index (χ0v) is 10.2. The summed E-state index contributed by atoms with van der Waals surface area (Å²) in [4.78, 5) is 6.82. The Morgan fingerprint density at radius 1 is 1.38 bits per heavy atom. The second kappa shape index (κ2) is 5.30. The van der Waals surface area contributed by atoms with Crippen LogP contribution in [0.4, 0.5) is 5.69 Å². The van der Waals surface area contributed by atoms with E-state index < -0.39 is 0 Å². The van der Waals surface area contributed by atoms with Crippen LogP contribution in [0.3, 0.4) is 0 Å². The first-order valence-corrected chi connectivity index (χ1v) is 6.17. The summed E-state index contributed by atoms with van der Waals surface area (Å²) < 4.78 is 0. The highest BCUT2D eigenvalue weighted by atomic mass is 15.1. The summed E-state index contributed by atoms with van der Waals surface area (Å²) in [6, 6.07) is 4.90. The molecule has 88 valence electrons. The summed E-state index contributed by atoms with van der Waals surface area (Å²) in [5, 5.41) is 3.52. The first kappa shape index (κ1) is 11.4. The van der Waals surface area contributed by atoms with Gasteiger partial charge in [-0.1, -0.05) is 0 Å². The first-order valence-electron chi connectivity index (χ1n) is 6.17. The first-order chi connectivity index (χ1) is 7.75. The summed E-state index contributed by atoms with van der Waals surface area (Å²) in [5.74, 6) is 0. The summed E-state index contributed by atoms with van der Waals surface area (Å²) in [6.07, 6.45) is 4.40. The van der Waals surface area contributed by atoms with Crippen molar-refractivity contribution in [3.8, 4) is 0 Å². The Balaban J connectivity index is 2.04. The third-order valence-corrected chi connectivity index (χ3v) is 3.19. The second-order valence-electron chi connectivity index (χ2n) is 4.64. The Hall–Kier alpha value is -1.09. The van der Waals surface area contributed by atoms with E-state index in [1.54, 1.807) is 0 Å². The van der Waals surface area contributed by atoms with Crippen LogP contribution in [-0.4, -0.2) is 30.7 Å². The quantitative estimate of drug-likeness (QED) is 0.782. The van der Waals surface area contributed by atoms with E-state index in [4.69, 9.17) is 0 Å². The second-order valence-corrected chi connectivity index (χ2v) is 4.64. The van der Waals surface area contributed by atoms with Gasteiger partial charge in [0.25, 0.3) is 0 Å². The topological polar surface area (TPSA) is 28.2 Å². The fraction of sp³-hybridized carbons (Fsp3) is 0.615. The molecule has 1 unspecified atom stereocenters. The van der Waals surface area contributed by atoms with Crippen LogP contribution in [0.2, 0.25) is 0 Å². The van der Waals surface area contributed by atoms with Crippen LogP contribution < -0.4 is 10.2 Å². The highest BCUT2D eigenvalue weighted by molar-refractivity contribution is 5.44. The van der Waals surface area contributed by atoms with Crippen LogP contribution in [0.1, 0.15) is 25.5 Å². The van der Waals surface area contributed by atoms with Gasteiger partial charge in [-0.05, 0) is 45.4 Å². The van der Waals surface area contributed by atoms with E-state index in [1.165, 1.54) is 18.5 Å². The number of pyridine rings is 1. The maximum atomic E-state index is 4.37. The number of rotatable bonds is 1. The molecule has 1 N–H and O–H groups in total. The minimum absolute atomic E-state index is 0.626. The molecule has 0 aromatic carbocycles. The molecule has 1 aliphatic heterocycles. The maximum Gasteiger partial charge on any atom is 0.0552 e. The van der Waals surface area contributed by atoms with Crippen LogP contribution >= 0.6 is 0 Å². The van der Waals surface area contributed by atoms with Crippen LogP contribution in [0, 0.1) is 6.92 Å². The molecule has 16 heavy (non-hydrogen) atoms. The van der Waals surface area contributed by atoms with Gasteiger partial charge in [0, 0.05) is 24.8 Å². The largest absolute Gasteiger partial charge is 0.370 e. The molecule has 0 amide bonds. The summed E-state index contributed by atoms with van der Waals surface area (Å²) >= 11 is 0. The smallest absolute Gasteiger partial charge is 0.0552 e. The van der Waals surface area contributed by atoms with Gasteiger partial charge < -0.3 is 10.2 Å². The monoisotopic (exact) mass is 219 g/mol. The average molecular weight is 219 g/mol. The molecule has 1 aromatic rings. The minimum atomic E-state index is 0.626. The van der Waals surface area contributed by atoms with Gasteiger partial charge in [0.1, 0.15) is 0 Å². The number of anilines is 1. The van der Waals surface area contributed by atoms with Crippen LogP contribution in [0.5, 0.6) is 0 Å². The predicted octanol–water partition coefficient (Wildman–Crippen LogP) is 1.97. The molecule has 3 nitrogen and oxygen atoms in total. The molecule has 2 rings (SSSR count). The summed E-state index contributed by atoms with van der Waals surface area (Å²) in [7, 11) is 0. The summed E-state index contributed by atoms with van der Waals surface area (Å²) in [6.45, 7) is 7.67. The zero-order valence-electron chi connectivity index (χ0n) is 10.2. The molecule has 1 atom stereocenters. The fourth-order valence-corrected chi connectivity index (χ4v) is 2.09. The van der Waals surface area contributed by atoms with Gasteiger partial charge in [0.15, 0.2) is 0 Å². The van der Waals surface area contributed by atoms with Crippen molar-refractivity contribution in [3.63, 3.8) is 0 Å². The van der Waals surface area contributed by atoms with Gasteiger partial charge in [-0.25, -0.2) is 0 Å². The van der Waals surface area contributed by atoms with Gasteiger partial charge in [0.2, 0.25) is 0 Å². The van der Waals surface area contributed by atoms with Gasteiger partial charge >= 0.3 is 0 Å². The van der Waals surface area contributed by atoms with E-state index in [0.29, 0.717) is 6.04 Å². The third kappa shape index (κ3) is 2.95. The van der Waals surface area contributed by atoms with Gasteiger partial charge in [-0.2, -0.15) is 0 Å². The van der Waals surface area contributed by atoms with Gasteiger partial charge in [-0.15, -0.1) is 0 Å². The zero-order chi connectivity index (χ0) is 11.4. The van der Waals surface area contributed by atoms with Gasteiger partial charge in [0.05, 0.1) is 11.9 Å². The predicted molar refractivity (Wildman–Crippen MR) is 67.9 cm³/mol. The van der Waals surface area contributed by atoms with Crippen molar-refractivity contribution >= 4 is 5.69 Å². The van der Waals surface area contributed by atoms with Crippen LogP contribution in [-0.2, 0) is 0 Å². The highest BCUT2D eigenvalue weighted by Crippen LogP contribution is 2.15. The Labute approximate surface area is 97.9 Å². The Morgan fingerprint density at radius 3 is 3.00 bits per heavy atom. The van der Waals surface area contributed by atoms with E-state index in [-0.39, 0.29) is 0 Å². The third-order valence-electron chi connectivity index (χ3n) is 3.19. The lowest BCUT2D eigenvalue weighted by atomic mass is 10.1. The highest BCUT2D eigenvalue weighted by Gasteiger charge is 2.12. The maximum absolute atomic E-state index is 4.37. The SMILES string of the molecule is Cc1ccc(N2CCCNC(C)CC2)cn1. The molecule has 3 heteroatoms. The average Bonchev–Trinajstić information content (AvgIpc) is 2.26. The van der Waals surface area contributed by atoms with Gasteiger partial charge in [-0.3, -0.25) is 4.98 Å². The molecular formula is C13H21N3. The molecule has 0 radical (unpaired) electrons. The lowest BCUT2D eigenvalue weighted by molar-refractivity contribution is 0.475. The number of nitrogens with one attached hydrogen (secondary N) is 1. The molecule has 0 saturated carbocycles. The molecule has 0 bridgehead atoms. The molecule has 1 aliphatic rings. The Kier molecular flexibility index (Phi) is 3.78. The van der Waals surface area contributed by atoms with Crippen molar-refractivity contribution in [1.82, 2.24) is 10.3 Å². The van der Waals surface area contributed by atoms with Crippen molar-refractivity contribution in [1.29, 1.82) is 0 Å². The van der Waals surface area contributed by atoms with Crippen LogP contribution in [0.15, 0.2) is 18.3 Å². The van der Waals surface area contributed by atoms with Crippen LogP contribution in [0.25, 0.3) is 0 Å². The lowest BCUT2D eigenvalue weighted by Gasteiger charge is -2.29. The molecular weight excluding hydrogens is 198 g/mol. The van der Waals surface area contributed by atoms with Crippen molar-refractivity contribution in [3.05, 3.63) is 24.0 Å². The van der Waals surface area contributed by atoms with E-state index in [1.807, 2.05) is 13.1 Å². The van der Waals surface area contributed by atoms with E-state index >= 15 is 0 Å². The van der Waals surface area contributed by atoms with Crippen molar-refractivity contribution in [2.75, 3.05) is 24.5 Å². The number of aryl methyl sites for hydroxylation is 1.